The monoisotopic (exact) mass is 284 g/mol. The molecule has 7 heteroatoms. The number of nitrogens with one attached hydrogen (secondary N) is 1. The summed E-state index contributed by atoms with van der Waals surface area (Å²) in [5, 5.41) is 22.9. The Bertz CT molecular complexity index is 528. The SMILES string of the molecule is O=C(NCC1(CO)CC1)c1cc(Cl)ccc1[N+](=O)[O-]. The minimum atomic E-state index is -0.621. The fraction of sp³-hybridized carbons (Fsp3) is 0.417. The van der Waals surface area contributed by atoms with Crippen molar-refractivity contribution >= 4 is 23.2 Å². The summed E-state index contributed by atoms with van der Waals surface area (Å²) >= 11 is 5.75. The maximum absolute atomic E-state index is 12.0. The van der Waals surface area contributed by atoms with Crippen molar-refractivity contribution in [3.05, 3.63) is 38.9 Å². The molecule has 0 bridgehead atoms. The first-order chi connectivity index (χ1) is 8.97. The van der Waals surface area contributed by atoms with Crippen LogP contribution in [0, 0.1) is 15.5 Å². The Morgan fingerprint density at radius 2 is 2.21 bits per heavy atom. The van der Waals surface area contributed by atoms with E-state index in [-0.39, 0.29) is 28.3 Å². The van der Waals surface area contributed by atoms with Crippen LogP contribution in [0.3, 0.4) is 0 Å². The van der Waals surface area contributed by atoms with Crippen molar-refractivity contribution in [2.75, 3.05) is 13.2 Å². The minimum Gasteiger partial charge on any atom is -0.396 e. The maximum atomic E-state index is 12.0. The standard InChI is InChI=1S/C12H13ClN2O4/c13-8-1-2-10(15(18)19)9(5-8)11(17)14-6-12(7-16)3-4-12/h1-2,5,16H,3-4,6-7H2,(H,14,17). The number of carbonyl (C=O) groups excluding carboxylic acids is 1. The summed E-state index contributed by atoms with van der Waals surface area (Å²) in [5.41, 5.74) is -0.592. The van der Waals surface area contributed by atoms with Gasteiger partial charge in [-0.2, -0.15) is 0 Å². The van der Waals surface area contributed by atoms with E-state index in [0.717, 1.165) is 12.8 Å². The molecule has 0 unspecified atom stereocenters. The Morgan fingerprint density at radius 1 is 1.53 bits per heavy atom. The summed E-state index contributed by atoms with van der Waals surface area (Å²) in [7, 11) is 0. The number of aliphatic hydroxyl groups excluding tert-OH is 1. The molecule has 2 N–H and O–H groups in total. The lowest BCUT2D eigenvalue weighted by atomic mass is 10.1. The van der Waals surface area contributed by atoms with Crippen molar-refractivity contribution in [3.63, 3.8) is 0 Å². The van der Waals surface area contributed by atoms with Crippen LogP contribution < -0.4 is 5.32 Å². The Labute approximate surface area is 114 Å². The molecule has 1 aromatic rings. The van der Waals surface area contributed by atoms with Gasteiger partial charge < -0.3 is 10.4 Å². The van der Waals surface area contributed by atoms with E-state index in [1.54, 1.807) is 0 Å². The van der Waals surface area contributed by atoms with Gasteiger partial charge in [-0.1, -0.05) is 11.6 Å². The van der Waals surface area contributed by atoms with Crippen LogP contribution in [-0.2, 0) is 0 Å². The molecule has 0 aliphatic heterocycles. The molecule has 1 fully saturated rings. The molecule has 1 aromatic carbocycles. The topological polar surface area (TPSA) is 92.5 Å². The quantitative estimate of drug-likeness (QED) is 0.636. The molecule has 102 valence electrons. The molecule has 1 aliphatic carbocycles. The van der Waals surface area contributed by atoms with Crippen molar-refractivity contribution in [2.24, 2.45) is 5.41 Å². The molecule has 6 nitrogen and oxygen atoms in total. The van der Waals surface area contributed by atoms with Crippen molar-refractivity contribution in [2.45, 2.75) is 12.8 Å². The van der Waals surface area contributed by atoms with Crippen LogP contribution in [0.4, 0.5) is 5.69 Å². The smallest absolute Gasteiger partial charge is 0.282 e. The molecule has 19 heavy (non-hydrogen) atoms. The number of hydrogen-bond donors (Lipinski definition) is 2. The molecule has 0 heterocycles. The van der Waals surface area contributed by atoms with Gasteiger partial charge >= 0.3 is 0 Å². The van der Waals surface area contributed by atoms with Gasteiger partial charge in [-0.3, -0.25) is 14.9 Å². The van der Waals surface area contributed by atoms with Gasteiger partial charge in [-0.05, 0) is 25.0 Å². The van der Waals surface area contributed by atoms with Gasteiger partial charge in [-0.25, -0.2) is 0 Å². The van der Waals surface area contributed by atoms with Crippen LogP contribution in [0.2, 0.25) is 5.02 Å². The minimum absolute atomic E-state index is 0.00488. The first-order valence-electron chi connectivity index (χ1n) is 5.80. The van der Waals surface area contributed by atoms with Crippen molar-refractivity contribution in [3.8, 4) is 0 Å². The number of benzene rings is 1. The van der Waals surface area contributed by atoms with Gasteiger partial charge in [0.1, 0.15) is 5.56 Å². The van der Waals surface area contributed by atoms with E-state index in [9.17, 15) is 14.9 Å². The fourth-order valence-electron chi connectivity index (χ4n) is 1.78. The van der Waals surface area contributed by atoms with E-state index < -0.39 is 10.8 Å². The Balaban J connectivity index is 2.14. The number of nitro benzene ring substituents is 1. The molecule has 0 radical (unpaired) electrons. The molecule has 2 rings (SSSR count). The highest BCUT2D eigenvalue weighted by Gasteiger charge is 2.42. The number of nitrogens with zero attached hydrogens (tertiary/aromatic N) is 1. The Kier molecular flexibility index (Phi) is 3.73. The summed E-state index contributed by atoms with van der Waals surface area (Å²) < 4.78 is 0. The fourth-order valence-corrected chi connectivity index (χ4v) is 1.95. The molecule has 0 saturated heterocycles. The normalized spacial score (nSPS) is 15.9. The average molecular weight is 285 g/mol. The Morgan fingerprint density at radius 3 is 2.74 bits per heavy atom. The lowest BCUT2D eigenvalue weighted by molar-refractivity contribution is -0.385. The number of hydrogen-bond acceptors (Lipinski definition) is 4. The molecule has 1 saturated carbocycles. The molecule has 1 aliphatic rings. The highest BCUT2D eigenvalue weighted by molar-refractivity contribution is 6.31. The summed E-state index contributed by atoms with van der Waals surface area (Å²) in [6, 6.07) is 3.84. The lowest BCUT2D eigenvalue weighted by Gasteiger charge is -2.12. The second-order valence-corrected chi connectivity index (χ2v) is 5.20. The molecular formula is C12H13ClN2O4. The van der Waals surface area contributed by atoms with Gasteiger partial charge in [0.2, 0.25) is 0 Å². The third-order valence-corrected chi connectivity index (χ3v) is 3.55. The van der Waals surface area contributed by atoms with Crippen LogP contribution in [0.5, 0.6) is 0 Å². The van der Waals surface area contributed by atoms with E-state index in [0.29, 0.717) is 6.54 Å². The first kappa shape index (κ1) is 13.8. The van der Waals surface area contributed by atoms with Crippen LogP contribution >= 0.6 is 11.6 Å². The maximum Gasteiger partial charge on any atom is 0.282 e. The summed E-state index contributed by atoms with van der Waals surface area (Å²) in [6.45, 7) is 0.316. The van der Waals surface area contributed by atoms with Crippen LogP contribution in [0.25, 0.3) is 0 Å². The predicted molar refractivity (Wildman–Crippen MR) is 69.2 cm³/mol. The zero-order chi connectivity index (χ0) is 14.0. The van der Waals surface area contributed by atoms with Crippen LogP contribution in [0.1, 0.15) is 23.2 Å². The highest BCUT2D eigenvalue weighted by Crippen LogP contribution is 2.44. The van der Waals surface area contributed by atoms with Crippen molar-refractivity contribution < 1.29 is 14.8 Å². The number of halogens is 1. The van der Waals surface area contributed by atoms with Crippen molar-refractivity contribution in [1.82, 2.24) is 5.32 Å². The van der Waals surface area contributed by atoms with E-state index in [1.807, 2.05) is 0 Å². The summed E-state index contributed by atoms with van der Waals surface area (Å²) in [6.07, 6.45) is 1.70. The average Bonchev–Trinajstić information content (AvgIpc) is 3.16. The summed E-state index contributed by atoms with van der Waals surface area (Å²) in [4.78, 5) is 22.2. The van der Waals surface area contributed by atoms with E-state index in [4.69, 9.17) is 16.7 Å². The number of rotatable bonds is 5. The zero-order valence-electron chi connectivity index (χ0n) is 10.1. The number of carbonyl (C=O) groups is 1. The van der Waals surface area contributed by atoms with Gasteiger partial charge in [0.15, 0.2) is 0 Å². The largest absolute Gasteiger partial charge is 0.396 e. The van der Waals surface area contributed by atoms with Gasteiger partial charge in [0.05, 0.1) is 11.5 Å². The van der Waals surface area contributed by atoms with Crippen LogP contribution in [-0.4, -0.2) is 29.1 Å². The number of aliphatic hydroxyl groups is 1. The third kappa shape index (κ3) is 3.02. The molecule has 0 atom stereocenters. The van der Waals surface area contributed by atoms with E-state index in [2.05, 4.69) is 5.32 Å². The highest BCUT2D eigenvalue weighted by atomic mass is 35.5. The molecular weight excluding hydrogens is 272 g/mol. The Hall–Kier alpha value is -1.66. The second-order valence-electron chi connectivity index (χ2n) is 4.76. The van der Waals surface area contributed by atoms with Gasteiger partial charge in [-0.15, -0.1) is 0 Å². The van der Waals surface area contributed by atoms with Gasteiger partial charge in [0, 0.05) is 23.0 Å². The second kappa shape index (κ2) is 5.14. The molecule has 0 aromatic heterocycles. The van der Waals surface area contributed by atoms with Crippen molar-refractivity contribution in [1.29, 1.82) is 0 Å². The van der Waals surface area contributed by atoms with E-state index >= 15 is 0 Å². The number of amides is 1. The first-order valence-corrected chi connectivity index (χ1v) is 6.18. The summed E-state index contributed by atoms with van der Waals surface area (Å²) in [5.74, 6) is -0.547. The molecule has 0 spiro atoms. The predicted octanol–water partition coefficient (Wildman–Crippen LogP) is 1.75. The third-order valence-electron chi connectivity index (χ3n) is 3.32. The zero-order valence-corrected chi connectivity index (χ0v) is 10.8. The lowest BCUT2D eigenvalue weighted by Crippen LogP contribution is -2.32. The van der Waals surface area contributed by atoms with Crippen LogP contribution in [0.15, 0.2) is 18.2 Å². The van der Waals surface area contributed by atoms with Gasteiger partial charge in [0.25, 0.3) is 11.6 Å². The van der Waals surface area contributed by atoms with E-state index in [1.165, 1.54) is 18.2 Å². The molecule has 1 amide bonds. The number of nitro groups is 1.